The van der Waals surface area contributed by atoms with E-state index in [9.17, 15) is 0 Å². The highest BCUT2D eigenvalue weighted by molar-refractivity contribution is 6.04. The van der Waals surface area contributed by atoms with Crippen molar-refractivity contribution < 1.29 is 0 Å². The van der Waals surface area contributed by atoms with Gasteiger partial charge in [-0.3, -0.25) is 4.98 Å². The van der Waals surface area contributed by atoms with Gasteiger partial charge >= 0.3 is 0 Å². The smallest absolute Gasteiger partial charge is 0.0486 e. The van der Waals surface area contributed by atoms with E-state index in [0.717, 1.165) is 29.7 Å². The number of fused-ring (bicyclic) bond motifs is 1. The van der Waals surface area contributed by atoms with Crippen molar-refractivity contribution in [3.63, 3.8) is 0 Å². The molecule has 1 nitrogen and oxygen atoms in total. The fourth-order valence-corrected chi connectivity index (χ4v) is 3.54. The molecule has 1 aromatic heterocycles. The lowest BCUT2D eigenvalue weighted by Crippen LogP contribution is -1.98. The van der Waals surface area contributed by atoms with Crippen LogP contribution in [0.5, 0.6) is 0 Å². The van der Waals surface area contributed by atoms with Gasteiger partial charge in [-0.05, 0) is 51.9 Å². The van der Waals surface area contributed by atoms with Gasteiger partial charge in [-0.15, -0.1) is 0 Å². The van der Waals surface area contributed by atoms with Crippen LogP contribution in [0.15, 0.2) is 72.9 Å². The van der Waals surface area contributed by atoms with Gasteiger partial charge in [0.25, 0.3) is 0 Å². The fraction of sp³-hybridized carbons (Fsp3) is 0.160. The van der Waals surface area contributed by atoms with Crippen LogP contribution in [0.25, 0.3) is 33.0 Å². The first-order valence-corrected chi connectivity index (χ1v) is 9.29. The fourth-order valence-electron chi connectivity index (χ4n) is 3.54. The lowest BCUT2D eigenvalue weighted by atomic mass is 9.88. The molecule has 26 heavy (non-hydrogen) atoms. The van der Waals surface area contributed by atoms with Crippen LogP contribution in [-0.4, -0.2) is 4.98 Å². The van der Waals surface area contributed by atoms with Gasteiger partial charge in [0.05, 0.1) is 0 Å². The van der Waals surface area contributed by atoms with E-state index in [0.29, 0.717) is 0 Å². The molecule has 0 aliphatic rings. The molecule has 0 spiro atoms. The summed E-state index contributed by atoms with van der Waals surface area (Å²) < 4.78 is 0. The molecule has 1 heterocycles. The Morgan fingerprint density at radius 3 is 2.35 bits per heavy atom. The number of rotatable bonds is 4. The third-order valence-electron chi connectivity index (χ3n) is 4.93. The van der Waals surface area contributed by atoms with Crippen molar-refractivity contribution >= 4 is 10.8 Å². The van der Waals surface area contributed by atoms with Crippen molar-refractivity contribution in [3.05, 3.63) is 90.3 Å². The highest BCUT2D eigenvalue weighted by Crippen LogP contribution is 2.39. The molecule has 1 heteroatoms. The Morgan fingerprint density at radius 1 is 0.808 bits per heavy atom. The van der Waals surface area contributed by atoms with Crippen molar-refractivity contribution in [2.45, 2.75) is 26.7 Å². The van der Waals surface area contributed by atoms with Crippen LogP contribution in [0.3, 0.4) is 0 Å². The molecular weight excluding hydrogens is 314 g/mol. The van der Waals surface area contributed by atoms with Crippen molar-refractivity contribution in [1.29, 1.82) is 0 Å². The van der Waals surface area contributed by atoms with E-state index < -0.39 is 0 Å². The monoisotopic (exact) mass is 336 g/mol. The molecule has 0 N–H and O–H groups in total. The normalized spacial score (nSPS) is 11.0. The number of benzene rings is 3. The molecule has 0 fully saturated rings. The van der Waals surface area contributed by atoms with Crippen LogP contribution < -0.4 is 0 Å². The highest BCUT2D eigenvalue weighted by atomic mass is 14.7. The zero-order valence-corrected chi connectivity index (χ0v) is 15.3. The summed E-state index contributed by atoms with van der Waals surface area (Å²) in [6.07, 6.45) is 3.80. The highest BCUT2D eigenvalue weighted by Gasteiger charge is 2.16. The van der Waals surface area contributed by atoms with E-state index >= 15 is 0 Å². The van der Waals surface area contributed by atoms with Gasteiger partial charge in [0.15, 0.2) is 0 Å². The Kier molecular flexibility index (Phi) is 4.53. The quantitative estimate of drug-likeness (QED) is 0.415. The molecule has 4 rings (SSSR count). The third kappa shape index (κ3) is 2.90. The minimum atomic E-state index is 0.896. The topological polar surface area (TPSA) is 12.9 Å². The number of aromatic nitrogens is 1. The average Bonchev–Trinajstić information content (AvgIpc) is 2.73. The number of pyridine rings is 1. The van der Waals surface area contributed by atoms with Crippen molar-refractivity contribution in [2.24, 2.45) is 0 Å². The number of nitrogens with zero attached hydrogens (tertiary/aromatic N) is 1. The first kappa shape index (κ1) is 16.5. The predicted octanol–water partition coefficient (Wildman–Crippen LogP) is 6.49. The average molecular weight is 336 g/mol. The molecule has 0 aliphatic heterocycles. The van der Waals surface area contributed by atoms with Crippen LogP contribution in [0.2, 0.25) is 0 Å². The zero-order chi connectivity index (χ0) is 17.9. The molecule has 3 aromatic carbocycles. The standard InChI is InChI=1S/C25H22N/c1-3-18-16-23(24(4-2)26-17-18)25-21-13-9-8-12-20(21)14-15-22(25)19-10-6-5-7-11-19/h5-15,17H,3-4H2,1-2H3. The van der Waals surface area contributed by atoms with E-state index in [1.54, 1.807) is 0 Å². The van der Waals surface area contributed by atoms with E-state index in [4.69, 9.17) is 4.98 Å². The maximum atomic E-state index is 4.75. The summed E-state index contributed by atoms with van der Waals surface area (Å²) in [4.78, 5) is 4.75. The second kappa shape index (κ2) is 7.13. The molecule has 0 amide bonds. The second-order valence-corrected chi connectivity index (χ2v) is 6.51. The first-order chi connectivity index (χ1) is 12.8. The lowest BCUT2D eigenvalue weighted by Gasteiger charge is -2.17. The maximum Gasteiger partial charge on any atom is 0.0486 e. The number of hydrogen-bond acceptors (Lipinski definition) is 1. The maximum absolute atomic E-state index is 4.75. The van der Waals surface area contributed by atoms with Gasteiger partial charge in [-0.2, -0.15) is 0 Å². The molecule has 4 aromatic rings. The zero-order valence-electron chi connectivity index (χ0n) is 15.3. The summed E-state index contributed by atoms with van der Waals surface area (Å²) in [5, 5.41) is 2.51. The van der Waals surface area contributed by atoms with E-state index in [1.807, 2.05) is 6.20 Å². The van der Waals surface area contributed by atoms with E-state index in [2.05, 4.69) is 86.6 Å². The predicted molar refractivity (Wildman–Crippen MR) is 110 cm³/mol. The summed E-state index contributed by atoms with van der Waals surface area (Å²) >= 11 is 0. The van der Waals surface area contributed by atoms with Crippen LogP contribution in [0, 0.1) is 6.07 Å². The molecule has 0 atom stereocenters. The van der Waals surface area contributed by atoms with E-state index in [1.165, 1.54) is 27.5 Å². The molecule has 1 radical (unpaired) electrons. The lowest BCUT2D eigenvalue weighted by molar-refractivity contribution is 1.01. The summed E-state index contributed by atoms with van der Waals surface area (Å²) in [7, 11) is 0. The molecule has 0 bridgehead atoms. The van der Waals surface area contributed by atoms with Crippen molar-refractivity contribution in [2.75, 3.05) is 0 Å². The second-order valence-electron chi connectivity index (χ2n) is 6.51. The van der Waals surface area contributed by atoms with Crippen molar-refractivity contribution in [1.82, 2.24) is 4.98 Å². The van der Waals surface area contributed by atoms with Gasteiger partial charge in [-0.1, -0.05) is 80.6 Å². The third-order valence-corrected chi connectivity index (χ3v) is 4.93. The van der Waals surface area contributed by atoms with Crippen LogP contribution >= 0.6 is 0 Å². The minimum absolute atomic E-state index is 0.896. The van der Waals surface area contributed by atoms with E-state index in [-0.39, 0.29) is 0 Å². The number of aryl methyl sites for hydroxylation is 2. The van der Waals surface area contributed by atoms with Gasteiger partial charge < -0.3 is 0 Å². The Bertz CT molecular complexity index is 1050. The number of hydrogen-bond donors (Lipinski definition) is 0. The summed E-state index contributed by atoms with van der Waals surface area (Å²) in [6, 6.07) is 27.3. The Morgan fingerprint density at radius 2 is 1.58 bits per heavy atom. The van der Waals surface area contributed by atoms with Gasteiger partial charge in [0.1, 0.15) is 0 Å². The van der Waals surface area contributed by atoms with Crippen LogP contribution in [-0.2, 0) is 12.8 Å². The van der Waals surface area contributed by atoms with Crippen LogP contribution in [0.4, 0.5) is 0 Å². The van der Waals surface area contributed by atoms with Crippen molar-refractivity contribution in [3.8, 4) is 22.3 Å². The molecule has 127 valence electrons. The summed E-state index contributed by atoms with van der Waals surface area (Å²) in [5.74, 6) is 0. The SMILES string of the molecule is CCc1[c]c(-c2c(-c3ccccc3)ccc3ccccc23)c(CC)nc1. The molecule has 0 saturated carbocycles. The molecular formula is C25H22N. The van der Waals surface area contributed by atoms with Crippen LogP contribution in [0.1, 0.15) is 25.1 Å². The molecule has 0 saturated heterocycles. The Labute approximate surface area is 155 Å². The first-order valence-electron chi connectivity index (χ1n) is 9.29. The summed E-state index contributed by atoms with van der Waals surface area (Å²) in [6.45, 7) is 4.32. The minimum Gasteiger partial charge on any atom is -0.260 e. The molecule has 0 aliphatic carbocycles. The van der Waals surface area contributed by atoms with Gasteiger partial charge in [-0.25, -0.2) is 0 Å². The largest absolute Gasteiger partial charge is 0.260 e. The Hall–Kier alpha value is -2.93. The van der Waals surface area contributed by atoms with Gasteiger partial charge in [0, 0.05) is 17.5 Å². The Balaban J connectivity index is 2.11. The molecule has 0 unspecified atom stereocenters. The summed E-state index contributed by atoms with van der Waals surface area (Å²) in [5.41, 5.74) is 7.12. The van der Waals surface area contributed by atoms with Gasteiger partial charge in [0.2, 0.25) is 0 Å².